The summed E-state index contributed by atoms with van der Waals surface area (Å²) < 4.78 is 89.9. The van der Waals surface area contributed by atoms with E-state index in [1.54, 1.807) is 0 Å². The molecule has 0 spiro atoms. The summed E-state index contributed by atoms with van der Waals surface area (Å²) in [5.74, 6) is -4.14. The fourth-order valence-electron chi connectivity index (χ4n) is 3.58. The zero-order chi connectivity index (χ0) is 22.9. The second kappa shape index (κ2) is 6.42. The maximum Gasteiger partial charge on any atom is 0.440 e. The van der Waals surface area contributed by atoms with E-state index >= 15 is 0 Å². The van der Waals surface area contributed by atoms with Crippen LogP contribution in [0.25, 0.3) is 0 Å². The van der Waals surface area contributed by atoms with E-state index in [-0.39, 0.29) is 5.56 Å². The summed E-state index contributed by atoms with van der Waals surface area (Å²) in [6.07, 6.45) is -0.647. The van der Waals surface area contributed by atoms with Crippen LogP contribution in [-0.2, 0) is 4.74 Å². The largest absolute Gasteiger partial charge is 0.440 e. The molecule has 0 fully saturated rings. The molecule has 0 aromatic heterocycles. The molecule has 0 bridgehead atoms. The normalized spacial score (nSPS) is 17.0. The molecule has 2 aliphatic rings. The highest BCUT2D eigenvalue weighted by Gasteiger charge is 2.68. The Bertz CT molecular complexity index is 1100. The first-order valence-electron chi connectivity index (χ1n) is 8.36. The van der Waals surface area contributed by atoms with Crippen molar-refractivity contribution in [1.82, 2.24) is 0 Å². The van der Waals surface area contributed by atoms with Crippen LogP contribution in [0.4, 0.5) is 26.3 Å². The molecule has 2 aromatic rings. The molecule has 1 aliphatic carbocycles. The van der Waals surface area contributed by atoms with Crippen molar-refractivity contribution in [3.8, 4) is 0 Å². The summed E-state index contributed by atoms with van der Waals surface area (Å²) in [5.41, 5.74) is -13.8. The third-order valence-electron chi connectivity index (χ3n) is 4.93. The van der Waals surface area contributed by atoms with E-state index in [0.29, 0.717) is 30.3 Å². The van der Waals surface area contributed by atoms with Gasteiger partial charge in [-0.3, -0.25) is 9.59 Å². The van der Waals surface area contributed by atoms with Crippen molar-refractivity contribution in [3.05, 3.63) is 58.7 Å². The van der Waals surface area contributed by atoms with Crippen molar-refractivity contribution in [2.45, 2.75) is 27.2 Å². The van der Waals surface area contributed by atoms with Gasteiger partial charge in [0, 0.05) is 30.9 Å². The number of ketones is 2. The molecule has 0 unspecified atom stereocenters. The van der Waals surface area contributed by atoms with Crippen LogP contribution in [0.1, 0.15) is 47.9 Å². The minimum Gasteiger partial charge on any atom is -0.386 e. The van der Waals surface area contributed by atoms with Crippen molar-refractivity contribution in [3.63, 3.8) is 0 Å². The quantitative estimate of drug-likeness (QED) is 0.356. The van der Waals surface area contributed by atoms with Crippen LogP contribution in [0.2, 0.25) is 0 Å². The Labute approximate surface area is 170 Å². The van der Waals surface area contributed by atoms with Crippen LogP contribution >= 0.6 is 10.0 Å². The van der Waals surface area contributed by atoms with Gasteiger partial charge in [0.2, 0.25) is 0 Å². The van der Waals surface area contributed by atoms with E-state index in [4.69, 9.17) is 0 Å². The molecule has 2 aromatic carbocycles. The summed E-state index contributed by atoms with van der Waals surface area (Å²) in [7, 11) is -5.89. The first-order chi connectivity index (χ1) is 14.3. The van der Waals surface area contributed by atoms with Crippen LogP contribution in [0.15, 0.2) is 46.2 Å². The van der Waals surface area contributed by atoms with Crippen molar-refractivity contribution >= 4 is 33.5 Å². The minimum atomic E-state index is -5.90. The van der Waals surface area contributed by atoms with Gasteiger partial charge in [0.05, 0.1) is 17.5 Å². The second-order valence-electron chi connectivity index (χ2n) is 6.62. The number of cyclic esters (lactones) is 2. The number of hydrogen-bond acceptors (Lipinski definition) is 5. The van der Waals surface area contributed by atoms with Crippen LogP contribution in [0, 0.1) is 0 Å². The summed E-state index contributed by atoms with van der Waals surface area (Å²) in [5, 5.41) is 0. The lowest BCUT2D eigenvalue weighted by Gasteiger charge is -2.43. The minimum absolute atomic E-state index is 0.255. The average molecular weight is 462 g/mol. The predicted molar refractivity (Wildman–Crippen MR) is 92.1 cm³/mol. The Morgan fingerprint density at radius 1 is 0.645 bits per heavy atom. The van der Waals surface area contributed by atoms with E-state index in [9.17, 15) is 45.5 Å². The molecule has 162 valence electrons. The zero-order valence-electron chi connectivity index (χ0n) is 14.9. The summed E-state index contributed by atoms with van der Waals surface area (Å²) in [6.45, 7) is 0. The van der Waals surface area contributed by atoms with Crippen LogP contribution < -0.4 is 0 Å². The van der Waals surface area contributed by atoms with Crippen LogP contribution in [-0.4, -0.2) is 34.5 Å². The number of carbonyl (C=O) groups excluding carboxylic acids is 4. The number of esters is 2. The fraction of sp³-hybridized carbons (Fsp3) is 0.158. The SMILES string of the molecule is O=C1CC(=O)c2cc(S(c3ccc4c(c3)C(=O)OC4=O)(C(F)(F)F)C(F)(F)F)ccc21. The number of fused-ring (bicyclic) bond motifs is 2. The Morgan fingerprint density at radius 2 is 1.10 bits per heavy atom. The third kappa shape index (κ3) is 2.81. The lowest BCUT2D eigenvalue weighted by molar-refractivity contribution is -0.0801. The molecular weight excluding hydrogens is 454 g/mol. The van der Waals surface area contributed by atoms with E-state index in [2.05, 4.69) is 4.74 Å². The van der Waals surface area contributed by atoms with E-state index in [0.717, 1.165) is 6.07 Å². The number of alkyl halides is 6. The van der Waals surface area contributed by atoms with Crippen molar-refractivity contribution < 1.29 is 50.3 Å². The predicted octanol–water partition coefficient (Wildman–Crippen LogP) is 5.03. The Balaban J connectivity index is 2.06. The molecule has 5 nitrogen and oxygen atoms in total. The monoisotopic (exact) mass is 462 g/mol. The molecule has 0 saturated heterocycles. The van der Waals surface area contributed by atoms with Crippen LogP contribution in [0.5, 0.6) is 0 Å². The number of hydrogen-bond donors (Lipinski definition) is 0. The van der Waals surface area contributed by atoms with Crippen LogP contribution in [0.3, 0.4) is 0 Å². The third-order valence-corrected chi connectivity index (χ3v) is 8.24. The lowest BCUT2D eigenvalue weighted by Crippen LogP contribution is -2.33. The summed E-state index contributed by atoms with van der Waals surface area (Å²) in [4.78, 5) is 44.4. The van der Waals surface area contributed by atoms with Gasteiger partial charge < -0.3 is 4.74 Å². The highest BCUT2D eigenvalue weighted by Crippen LogP contribution is 2.80. The number of benzene rings is 2. The Kier molecular flexibility index (Phi) is 4.37. The maximum absolute atomic E-state index is 14.3. The van der Waals surface area contributed by atoms with Crippen molar-refractivity contribution in [2.75, 3.05) is 0 Å². The molecule has 31 heavy (non-hydrogen) atoms. The number of halogens is 6. The molecule has 4 rings (SSSR count). The van der Waals surface area contributed by atoms with Gasteiger partial charge in [-0.2, -0.15) is 26.3 Å². The smallest absolute Gasteiger partial charge is 0.386 e. The number of Topliss-reactive ketones (excluding diaryl/α,β-unsaturated/α-hetero) is 2. The van der Waals surface area contributed by atoms with Crippen molar-refractivity contribution in [1.29, 1.82) is 0 Å². The van der Waals surface area contributed by atoms with Crippen molar-refractivity contribution in [2.24, 2.45) is 0 Å². The second-order valence-corrected chi connectivity index (χ2v) is 9.71. The number of rotatable bonds is 2. The Morgan fingerprint density at radius 3 is 1.65 bits per heavy atom. The summed E-state index contributed by atoms with van der Waals surface area (Å²) in [6, 6.07) is 3.20. The Hall–Kier alpha value is -3.15. The first kappa shape index (κ1) is 21.1. The van der Waals surface area contributed by atoms with Gasteiger partial charge in [0.15, 0.2) is 11.6 Å². The molecule has 0 radical (unpaired) electrons. The average Bonchev–Trinajstić information content (AvgIpc) is 3.09. The van der Waals surface area contributed by atoms with Gasteiger partial charge in [0.1, 0.15) is 0 Å². The zero-order valence-corrected chi connectivity index (χ0v) is 15.7. The highest BCUT2D eigenvalue weighted by molar-refractivity contribution is 8.35. The van der Waals surface area contributed by atoms with Gasteiger partial charge >= 0.3 is 23.0 Å². The standard InChI is InChI=1S/C19H8F6O5S/c20-18(21,22)31(19(23,24)25,8-1-3-10-12(5-8)15(27)7-14(10)26)9-2-4-11-13(6-9)17(29)30-16(11)28/h1-6H,7H2. The van der Waals surface area contributed by atoms with Gasteiger partial charge in [-0.15, -0.1) is 0 Å². The molecule has 0 N–H and O–H groups in total. The topological polar surface area (TPSA) is 77.5 Å². The fourth-order valence-corrected chi connectivity index (χ4v) is 6.32. The van der Waals surface area contributed by atoms with E-state index in [1.807, 2.05) is 0 Å². The van der Waals surface area contributed by atoms with Gasteiger partial charge in [-0.05, 0) is 36.4 Å². The van der Waals surface area contributed by atoms with Gasteiger partial charge in [-0.1, -0.05) is 0 Å². The molecule has 1 aliphatic heterocycles. The van der Waals surface area contributed by atoms with E-state index in [1.165, 1.54) is 0 Å². The lowest BCUT2D eigenvalue weighted by atomic mass is 10.1. The highest BCUT2D eigenvalue weighted by atomic mass is 32.3. The molecule has 0 atom stereocenters. The maximum atomic E-state index is 14.3. The van der Waals surface area contributed by atoms with Gasteiger partial charge in [0.25, 0.3) is 0 Å². The molecule has 12 heteroatoms. The molecule has 1 heterocycles. The summed E-state index contributed by atoms with van der Waals surface area (Å²) >= 11 is 0. The van der Waals surface area contributed by atoms with Gasteiger partial charge in [-0.25, -0.2) is 9.59 Å². The van der Waals surface area contributed by atoms with E-state index < -0.39 is 77.5 Å². The molecule has 0 amide bonds. The molecule has 0 saturated carbocycles. The number of ether oxygens (including phenoxy) is 1. The molecular formula is C19H8F6O5S. The number of carbonyl (C=O) groups is 4. The first-order valence-corrected chi connectivity index (χ1v) is 9.99.